The Labute approximate surface area is 253 Å². The summed E-state index contributed by atoms with van der Waals surface area (Å²) in [5.41, 5.74) is 14.7. The van der Waals surface area contributed by atoms with Crippen LogP contribution >= 0.6 is 0 Å². The van der Waals surface area contributed by atoms with Crippen molar-refractivity contribution < 1.29 is 0 Å². The van der Waals surface area contributed by atoms with Crippen LogP contribution in [0.4, 0.5) is 0 Å². The highest BCUT2D eigenvalue weighted by Gasteiger charge is 2.45. The van der Waals surface area contributed by atoms with Crippen molar-refractivity contribution in [3.05, 3.63) is 204 Å². The fourth-order valence-corrected chi connectivity index (χ4v) is 7.03. The zero-order chi connectivity index (χ0) is 28.6. The number of benzene rings is 7. The minimum Gasteiger partial charge on any atom is -0.0622 e. The summed E-state index contributed by atoms with van der Waals surface area (Å²) in [5.74, 6) is 0. The predicted octanol–water partition coefficient (Wildman–Crippen LogP) is 11.1. The van der Waals surface area contributed by atoms with Gasteiger partial charge < -0.3 is 0 Å². The van der Waals surface area contributed by atoms with E-state index in [4.69, 9.17) is 0 Å². The number of hydrogen-bond donors (Lipinski definition) is 0. The molecule has 43 heavy (non-hydrogen) atoms. The lowest BCUT2D eigenvalue weighted by Crippen LogP contribution is -2.28. The van der Waals surface area contributed by atoms with Crippen molar-refractivity contribution in [2.75, 3.05) is 0 Å². The summed E-state index contributed by atoms with van der Waals surface area (Å²) in [6.45, 7) is 0. The first-order chi connectivity index (χ1) is 21.3. The molecule has 0 amide bonds. The molecule has 7 aromatic carbocycles. The minimum atomic E-state index is -0.413. The van der Waals surface area contributed by atoms with Crippen LogP contribution in [-0.4, -0.2) is 0 Å². The van der Waals surface area contributed by atoms with Gasteiger partial charge in [0.2, 0.25) is 0 Å². The van der Waals surface area contributed by atoms with Crippen molar-refractivity contribution in [1.82, 2.24) is 0 Å². The Bertz CT molecular complexity index is 1950. The normalized spacial score (nSPS) is 12.8. The van der Waals surface area contributed by atoms with Gasteiger partial charge in [-0.3, -0.25) is 0 Å². The third-order valence-electron chi connectivity index (χ3n) is 8.94. The van der Waals surface area contributed by atoms with E-state index in [0.29, 0.717) is 0 Å². The van der Waals surface area contributed by atoms with Gasteiger partial charge in [0.15, 0.2) is 0 Å². The topological polar surface area (TPSA) is 0 Å². The molecule has 0 N–H and O–H groups in total. The highest BCUT2D eigenvalue weighted by Crippen LogP contribution is 2.56. The molecular formula is C43H30. The van der Waals surface area contributed by atoms with Crippen LogP contribution in [0.3, 0.4) is 0 Å². The lowest BCUT2D eigenvalue weighted by Gasteiger charge is -2.34. The predicted molar refractivity (Wildman–Crippen MR) is 180 cm³/mol. The maximum Gasteiger partial charge on any atom is 0.0713 e. The van der Waals surface area contributed by atoms with Crippen molar-refractivity contribution >= 4 is 0 Å². The highest BCUT2D eigenvalue weighted by atomic mass is 14.5. The van der Waals surface area contributed by atoms with E-state index in [-0.39, 0.29) is 0 Å². The first-order valence-electron chi connectivity index (χ1n) is 14.9. The van der Waals surface area contributed by atoms with E-state index >= 15 is 0 Å². The molecule has 0 unspecified atom stereocenters. The van der Waals surface area contributed by atoms with Crippen LogP contribution in [-0.2, 0) is 5.41 Å². The van der Waals surface area contributed by atoms with Crippen molar-refractivity contribution in [2.45, 2.75) is 5.41 Å². The van der Waals surface area contributed by atoms with E-state index in [1.165, 1.54) is 66.8 Å². The maximum absolute atomic E-state index is 2.42. The van der Waals surface area contributed by atoms with Crippen LogP contribution in [0.15, 0.2) is 182 Å². The lowest BCUT2D eigenvalue weighted by atomic mass is 9.67. The van der Waals surface area contributed by atoms with E-state index in [1.807, 2.05) is 0 Å². The summed E-state index contributed by atoms with van der Waals surface area (Å²) >= 11 is 0. The summed E-state index contributed by atoms with van der Waals surface area (Å²) in [5, 5.41) is 0. The van der Waals surface area contributed by atoms with Gasteiger partial charge in [0.05, 0.1) is 5.41 Å². The second-order valence-corrected chi connectivity index (χ2v) is 11.3. The molecule has 0 saturated carbocycles. The molecule has 0 spiro atoms. The van der Waals surface area contributed by atoms with Gasteiger partial charge >= 0.3 is 0 Å². The van der Waals surface area contributed by atoms with E-state index < -0.39 is 5.41 Å². The van der Waals surface area contributed by atoms with Crippen LogP contribution in [0.2, 0.25) is 0 Å². The minimum absolute atomic E-state index is 0.413. The van der Waals surface area contributed by atoms with Gasteiger partial charge in [0.1, 0.15) is 0 Å². The van der Waals surface area contributed by atoms with Crippen LogP contribution < -0.4 is 0 Å². The van der Waals surface area contributed by atoms with Gasteiger partial charge in [-0.05, 0) is 91.0 Å². The average molecular weight is 547 g/mol. The maximum atomic E-state index is 2.42. The van der Waals surface area contributed by atoms with Gasteiger partial charge in [0, 0.05) is 0 Å². The van der Waals surface area contributed by atoms with Crippen molar-refractivity contribution in [3.8, 4) is 44.5 Å². The molecule has 0 heteroatoms. The van der Waals surface area contributed by atoms with Gasteiger partial charge in [-0.1, -0.05) is 158 Å². The fourth-order valence-electron chi connectivity index (χ4n) is 7.03. The molecule has 0 aromatic heterocycles. The SMILES string of the molecule is c1ccc(-c2cc(-c3ccccc3)cc(-c3cccc(C4(c5ccccc5)c5ccccc5-c5ccccc54)c3)c2)cc1. The van der Waals surface area contributed by atoms with Crippen molar-refractivity contribution in [2.24, 2.45) is 0 Å². The Balaban J connectivity index is 1.38. The first-order valence-corrected chi connectivity index (χ1v) is 14.9. The standard InChI is InChI=1S/C43H30/c1-4-15-31(16-5-1)34-27-35(32-17-6-2-7-18-32)29-36(28-34)33-19-14-22-38(30-33)43(37-20-8-3-9-21-37)41-25-12-10-23-39(41)40-24-11-13-26-42(40)43/h1-30H. The van der Waals surface area contributed by atoms with Gasteiger partial charge in [-0.15, -0.1) is 0 Å². The quantitative estimate of drug-likeness (QED) is 0.201. The zero-order valence-electron chi connectivity index (χ0n) is 23.8. The first kappa shape index (κ1) is 25.3. The fraction of sp³-hybridized carbons (Fsp3) is 0.0233. The van der Waals surface area contributed by atoms with E-state index in [0.717, 1.165) is 0 Å². The molecule has 1 aliphatic carbocycles. The van der Waals surface area contributed by atoms with Gasteiger partial charge in [-0.2, -0.15) is 0 Å². The summed E-state index contributed by atoms with van der Waals surface area (Å²) in [6, 6.07) is 66.5. The summed E-state index contributed by atoms with van der Waals surface area (Å²) in [4.78, 5) is 0. The Morgan fingerprint density at radius 1 is 0.256 bits per heavy atom. The van der Waals surface area contributed by atoms with Crippen LogP contribution in [0, 0.1) is 0 Å². The number of hydrogen-bond acceptors (Lipinski definition) is 0. The molecule has 8 rings (SSSR count). The Hall–Kier alpha value is -5.46. The van der Waals surface area contributed by atoms with Crippen LogP contribution in [0.5, 0.6) is 0 Å². The number of rotatable bonds is 5. The Morgan fingerprint density at radius 2 is 0.651 bits per heavy atom. The zero-order valence-corrected chi connectivity index (χ0v) is 23.8. The monoisotopic (exact) mass is 546 g/mol. The summed E-state index contributed by atoms with van der Waals surface area (Å²) in [7, 11) is 0. The molecule has 0 aliphatic heterocycles. The lowest BCUT2D eigenvalue weighted by molar-refractivity contribution is 0.769. The summed E-state index contributed by atoms with van der Waals surface area (Å²) < 4.78 is 0. The van der Waals surface area contributed by atoms with Crippen molar-refractivity contribution in [1.29, 1.82) is 0 Å². The van der Waals surface area contributed by atoms with Crippen molar-refractivity contribution in [3.63, 3.8) is 0 Å². The molecule has 0 atom stereocenters. The molecule has 202 valence electrons. The second kappa shape index (κ2) is 10.4. The van der Waals surface area contributed by atoms with Gasteiger partial charge in [-0.25, -0.2) is 0 Å². The molecule has 0 bridgehead atoms. The Kier molecular flexibility index (Phi) is 6.12. The molecule has 0 heterocycles. The Morgan fingerprint density at radius 3 is 1.19 bits per heavy atom. The third kappa shape index (κ3) is 4.15. The smallest absolute Gasteiger partial charge is 0.0622 e. The molecule has 7 aromatic rings. The molecular weight excluding hydrogens is 516 g/mol. The van der Waals surface area contributed by atoms with Crippen LogP contribution in [0.1, 0.15) is 22.3 Å². The van der Waals surface area contributed by atoms with E-state index in [1.54, 1.807) is 0 Å². The number of fused-ring (bicyclic) bond motifs is 3. The average Bonchev–Trinajstić information content (AvgIpc) is 3.40. The largest absolute Gasteiger partial charge is 0.0713 e. The summed E-state index contributed by atoms with van der Waals surface area (Å²) in [6.07, 6.45) is 0. The van der Waals surface area contributed by atoms with Gasteiger partial charge in [0.25, 0.3) is 0 Å². The second-order valence-electron chi connectivity index (χ2n) is 11.3. The third-order valence-corrected chi connectivity index (χ3v) is 8.94. The molecule has 0 saturated heterocycles. The molecule has 1 aliphatic rings. The van der Waals surface area contributed by atoms with Crippen LogP contribution in [0.25, 0.3) is 44.5 Å². The highest BCUT2D eigenvalue weighted by molar-refractivity contribution is 5.87. The molecule has 0 fully saturated rings. The molecule has 0 radical (unpaired) electrons. The molecule has 0 nitrogen and oxygen atoms in total. The van der Waals surface area contributed by atoms with E-state index in [2.05, 4.69) is 182 Å². The van der Waals surface area contributed by atoms with E-state index in [9.17, 15) is 0 Å².